The highest BCUT2D eigenvalue weighted by atomic mass is 32.2. The van der Waals surface area contributed by atoms with Gasteiger partial charge in [-0.3, -0.25) is 4.72 Å². The lowest BCUT2D eigenvalue weighted by Gasteiger charge is -2.10. The van der Waals surface area contributed by atoms with Gasteiger partial charge < -0.3 is 10.1 Å². The zero-order valence-corrected chi connectivity index (χ0v) is 22.3. The molecule has 6 nitrogen and oxygen atoms in total. The summed E-state index contributed by atoms with van der Waals surface area (Å²) < 4.78 is 52.8. The predicted octanol–water partition coefficient (Wildman–Crippen LogP) is 8.44. The van der Waals surface area contributed by atoms with Crippen LogP contribution in [0.4, 0.5) is 23.7 Å². The van der Waals surface area contributed by atoms with Crippen LogP contribution in [0.1, 0.15) is 16.7 Å². The number of aromatic nitrogens is 1. The number of halogens is 3. The Morgan fingerprint density at radius 3 is 2.44 bits per heavy atom. The number of para-hydroxylation sites is 1. The number of ether oxygens (including phenoxy) is 1. The van der Waals surface area contributed by atoms with Crippen molar-refractivity contribution in [3.8, 4) is 16.2 Å². The van der Waals surface area contributed by atoms with E-state index in [9.17, 15) is 18.0 Å². The van der Waals surface area contributed by atoms with Crippen molar-refractivity contribution >= 4 is 63.3 Å². The van der Waals surface area contributed by atoms with E-state index >= 15 is 0 Å². The molecule has 2 N–H and O–H groups in total. The van der Waals surface area contributed by atoms with Gasteiger partial charge in [-0.2, -0.15) is 4.37 Å². The zero-order chi connectivity index (χ0) is 27.6. The van der Waals surface area contributed by atoms with Crippen molar-refractivity contribution in [1.82, 2.24) is 9.10 Å². The maximum atomic E-state index is 12.5. The number of carbonyl (C=O) groups excluding carboxylic acids is 1. The summed E-state index contributed by atoms with van der Waals surface area (Å²) in [4.78, 5) is 13.1. The highest BCUT2D eigenvalue weighted by Crippen LogP contribution is 2.37. The van der Waals surface area contributed by atoms with Crippen molar-refractivity contribution in [2.45, 2.75) is 20.2 Å². The fourth-order valence-electron chi connectivity index (χ4n) is 4.16. The average Bonchev–Trinajstić information content (AvgIpc) is 3.33. The average molecular weight is 567 g/mol. The number of nitrogens with one attached hydrogen (secondary N) is 2. The van der Waals surface area contributed by atoms with E-state index in [0.29, 0.717) is 0 Å². The first-order valence-corrected chi connectivity index (χ1v) is 13.2. The first-order chi connectivity index (χ1) is 18.7. The molecule has 2 amide bonds. The maximum absolute atomic E-state index is 12.5. The molecule has 39 heavy (non-hydrogen) atoms. The Morgan fingerprint density at radius 1 is 1.00 bits per heavy atom. The summed E-state index contributed by atoms with van der Waals surface area (Å²) in [6, 6.07) is 21.0. The zero-order valence-electron chi connectivity index (χ0n) is 20.7. The Morgan fingerprint density at radius 2 is 1.72 bits per heavy atom. The number of carbonyl (C=O) groups is 1. The van der Waals surface area contributed by atoms with E-state index in [0.717, 1.165) is 66.6 Å². The van der Waals surface area contributed by atoms with Crippen LogP contribution in [-0.4, -0.2) is 23.0 Å². The topological polar surface area (TPSA) is 75.6 Å². The van der Waals surface area contributed by atoms with Crippen LogP contribution in [0.15, 0.2) is 77.2 Å². The number of aryl methyl sites for hydroxylation is 2. The number of benzene rings is 4. The Balaban J connectivity index is 1.27. The molecular formula is C28H21F3N4O2S2. The molecule has 11 heteroatoms. The summed E-state index contributed by atoms with van der Waals surface area (Å²) >= 11 is 2.21. The molecule has 0 saturated carbocycles. The lowest BCUT2D eigenvalue weighted by atomic mass is 10.0. The van der Waals surface area contributed by atoms with Gasteiger partial charge in [0.15, 0.2) is 0 Å². The SMILES string of the molecule is Cc1cccc(C)c1NC(=O)NSN=Cc1ccc2c(ccc3c(-c4ccc(OC(F)(F)F)cc4)snc32)c1. The molecule has 0 aliphatic rings. The van der Waals surface area contributed by atoms with Gasteiger partial charge >= 0.3 is 12.4 Å². The lowest BCUT2D eigenvalue weighted by molar-refractivity contribution is -0.274. The van der Waals surface area contributed by atoms with Crippen molar-refractivity contribution in [3.05, 3.63) is 89.5 Å². The van der Waals surface area contributed by atoms with Crippen LogP contribution in [0, 0.1) is 13.8 Å². The molecule has 0 unspecified atom stereocenters. The minimum Gasteiger partial charge on any atom is -0.406 e. The van der Waals surface area contributed by atoms with Gasteiger partial charge in [-0.05, 0) is 83.4 Å². The Labute approximate surface area is 230 Å². The van der Waals surface area contributed by atoms with Crippen LogP contribution >= 0.6 is 23.7 Å². The largest absolute Gasteiger partial charge is 0.573 e. The van der Waals surface area contributed by atoms with Gasteiger partial charge in [0.2, 0.25) is 0 Å². The molecule has 1 aromatic heterocycles. The van der Waals surface area contributed by atoms with Gasteiger partial charge in [-0.15, -0.1) is 13.2 Å². The summed E-state index contributed by atoms with van der Waals surface area (Å²) in [5.74, 6) is -0.268. The lowest BCUT2D eigenvalue weighted by Crippen LogP contribution is -2.23. The van der Waals surface area contributed by atoms with E-state index in [4.69, 9.17) is 0 Å². The standard InChI is InChI=1S/C28H21F3N4O2S2/c1-16-4-3-5-17(2)24(16)33-27(36)35-39-32-15-18-6-12-22-20(14-18)9-13-23-25(22)34-38-26(23)19-7-10-21(11-8-19)37-28(29,30)31/h3-15H,1-2H3,(H2,33,35,36). The summed E-state index contributed by atoms with van der Waals surface area (Å²) in [5, 5.41) is 5.66. The monoisotopic (exact) mass is 566 g/mol. The molecule has 5 aromatic rings. The van der Waals surface area contributed by atoms with Crippen molar-refractivity contribution < 1.29 is 22.7 Å². The van der Waals surface area contributed by atoms with E-state index in [1.54, 1.807) is 18.3 Å². The number of hydrogen-bond acceptors (Lipinski definition) is 6. The molecule has 0 aliphatic heterocycles. The van der Waals surface area contributed by atoms with Crippen molar-refractivity contribution in [2.24, 2.45) is 4.40 Å². The highest BCUT2D eigenvalue weighted by Gasteiger charge is 2.31. The Bertz CT molecular complexity index is 1680. The minimum absolute atomic E-state index is 0.268. The summed E-state index contributed by atoms with van der Waals surface area (Å²) in [6.45, 7) is 3.87. The van der Waals surface area contributed by atoms with E-state index in [2.05, 4.69) is 23.5 Å². The maximum Gasteiger partial charge on any atom is 0.573 e. The van der Waals surface area contributed by atoms with Gasteiger partial charge in [0.1, 0.15) is 5.75 Å². The van der Waals surface area contributed by atoms with Crippen molar-refractivity contribution in [3.63, 3.8) is 0 Å². The second-order valence-corrected chi connectivity index (χ2v) is 10.0. The van der Waals surface area contributed by atoms with E-state index in [1.165, 1.54) is 23.7 Å². The summed E-state index contributed by atoms with van der Waals surface area (Å²) in [5.41, 5.74) is 5.14. The van der Waals surface area contributed by atoms with Gasteiger partial charge in [-0.1, -0.05) is 42.5 Å². The second kappa shape index (κ2) is 11.0. The number of rotatable bonds is 6. The molecule has 0 saturated heterocycles. The van der Waals surface area contributed by atoms with Crippen LogP contribution in [0.5, 0.6) is 5.75 Å². The molecule has 0 aliphatic carbocycles. The second-order valence-electron chi connectivity index (χ2n) is 8.67. The molecule has 198 valence electrons. The molecule has 0 spiro atoms. The molecule has 0 atom stereocenters. The molecule has 0 radical (unpaired) electrons. The molecule has 0 bridgehead atoms. The Kier molecular flexibility index (Phi) is 7.45. The first kappa shape index (κ1) is 26.5. The molecule has 5 rings (SSSR count). The molecular weight excluding hydrogens is 545 g/mol. The number of alkyl halides is 3. The summed E-state index contributed by atoms with van der Waals surface area (Å²) in [6.07, 6.45) is -3.07. The number of nitrogens with zero attached hydrogens (tertiary/aromatic N) is 2. The Hall–Kier alpha value is -4.09. The van der Waals surface area contributed by atoms with Gasteiger partial charge in [0.05, 0.1) is 22.5 Å². The third-order valence-corrected chi connectivity index (χ3v) is 7.35. The first-order valence-electron chi connectivity index (χ1n) is 11.7. The fraction of sp³-hybridized carbons (Fsp3) is 0.107. The number of hydrogen-bond donors (Lipinski definition) is 2. The molecule has 1 heterocycles. The van der Waals surface area contributed by atoms with Crippen LogP contribution in [-0.2, 0) is 0 Å². The van der Waals surface area contributed by atoms with Crippen molar-refractivity contribution in [2.75, 3.05) is 5.32 Å². The third kappa shape index (κ3) is 6.15. The number of anilines is 1. The quantitative estimate of drug-likeness (QED) is 0.160. The fourth-order valence-corrected chi connectivity index (χ4v) is 5.40. The molecule has 4 aromatic carbocycles. The van der Waals surface area contributed by atoms with Gasteiger partial charge in [-0.25, -0.2) is 9.19 Å². The minimum atomic E-state index is -4.73. The van der Waals surface area contributed by atoms with Crippen molar-refractivity contribution in [1.29, 1.82) is 0 Å². The van der Waals surface area contributed by atoms with Crippen LogP contribution in [0.3, 0.4) is 0 Å². The van der Waals surface area contributed by atoms with E-state index in [1.807, 2.05) is 62.4 Å². The van der Waals surface area contributed by atoms with Crippen LogP contribution < -0.4 is 14.8 Å². The highest BCUT2D eigenvalue weighted by molar-refractivity contribution is 7.96. The van der Waals surface area contributed by atoms with E-state index in [-0.39, 0.29) is 11.8 Å². The van der Waals surface area contributed by atoms with Crippen LogP contribution in [0.25, 0.3) is 32.1 Å². The molecule has 0 fully saturated rings. The number of urea groups is 1. The van der Waals surface area contributed by atoms with E-state index < -0.39 is 6.36 Å². The van der Waals surface area contributed by atoms with Gasteiger partial charge in [0.25, 0.3) is 0 Å². The number of fused-ring (bicyclic) bond motifs is 3. The predicted molar refractivity (Wildman–Crippen MR) is 153 cm³/mol. The number of amides is 2. The normalized spacial score (nSPS) is 11.8. The van der Waals surface area contributed by atoms with Gasteiger partial charge in [0, 0.05) is 22.7 Å². The summed E-state index contributed by atoms with van der Waals surface area (Å²) in [7, 11) is 0. The smallest absolute Gasteiger partial charge is 0.406 e. The third-order valence-electron chi connectivity index (χ3n) is 5.95. The van der Waals surface area contributed by atoms with Crippen LogP contribution in [0.2, 0.25) is 0 Å².